The van der Waals surface area contributed by atoms with Crippen LogP contribution in [0.25, 0.3) is 0 Å². The van der Waals surface area contributed by atoms with Gasteiger partial charge in [0.25, 0.3) is 0 Å². The van der Waals surface area contributed by atoms with Crippen LogP contribution in [-0.4, -0.2) is 20.1 Å². The van der Waals surface area contributed by atoms with Crippen LogP contribution in [-0.2, 0) is 0 Å². The third-order valence-electron chi connectivity index (χ3n) is 2.13. The van der Waals surface area contributed by atoms with Gasteiger partial charge in [0, 0.05) is 23.7 Å². The predicted molar refractivity (Wildman–Crippen MR) is 55.1 cm³/mol. The van der Waals surface area contributed by atoms with Crippen LogP contribution in [0.5, 0.6) is 0 Å². The van der Waals surface area contributed by atoms with Gasteiger partial charge in [-0.2, -0.15) is 0 Å². The van der Waals surface area contributed by atoms with Crippen molar-refractivity contribution >= 4 is 0 Å². The fourth-order valence-corrected chi connectivity index (χ4v) is 1.27. The lowest BCUT2D eigenvalue weighted by molar-refractivity contribution is 0.214. The van der Waals surface area contributed by atoms with E-state index in [4.69, 9.17) is 0 Å². The van der Waals surface area contributed by atoms with E-state index in [1.165, 1.54) is 6.33 Å². The van der Waals surface area contributed by atoms with E-state index in [2.05, 4.69) is 15.0 Å². The SMILES string of the molecule is Cc1ccc(C(O)c2ccncn2)cn1. The number of aromatic nitrogens is 3. The molecule has 2 rings (SSSR count). The summed E-state index contributed by atoms with van der Waals surface area (Å²) in [6.45, 7) is 1.90. The predicted octanol–water partition coefficient (Wildman–Crippen LogP) is 1.26. The lowest BCUT2D eigenvalue weighted by Crippen LogP contribution is -2.02. The standard InChI is InChI=1S/C11H11N3O/c1-8-2-3-9(6-13-8)11(15)10-4-5-12-7-14-10/h2-7,11,15H,1H3. The summed E-state index contributed by atoms with van der Waals surface area (Å²) in [5.41, 5.74) is 2.24. The van der Waals surface area contributed by atoms with E-state index in [0.29, 0.717) is 5.69 Å². The third kappa shape index (κ3) is 2.16. The Hall–Kier alpha value is -1.81. The molecule has 0 aliphatic rings. The summed E-state index contributed by atoms with van der Waals surface area (Å²) in [4.78, 5) is 11.9. The lowest BCUT2D eigenvalue weighted by atomic mass is 10.1. The lowest BCUT2D eigenvalue weighted by Gasteiger charge is -2.09. The van der Waals surface area contributed by atoms with Gasteiger partial charge in [0.2, 0.25) is 0 Å². The number of aliphatic hydroxyl groups excluding tert-OH is 1. The maximum Gasteiger partial charge on any atom is 0.123 e. The molecular formula is C11H11N3O. The van der Waals surface area contributed by atoms with Crippen molar-refractivity contribution in [3.8, 4) is 0 Å². The van der Waals surface area contributed by atoms with E-state index in [9.17, 15) is 5.11 Å². The molecule has 0 bridgehead atoms. The quantitative estimate of drug-likeness (QED) is 0.794. The first-order chi connectivity index (χ1) is 7.27. The molecule has 0 aliphatic carbocycles. The summed E-state index contributed by atoms with van der Waals surface area (Å²) < 4.78 is 0. The average Bonchev–Trinajstić information content (AvgIpc) is 2.30. The van der Waals surface area contributed by atoms with Gasteiger partial charge in [-0.3, -0.25) is 4.98 Å². The van der Waals surface area contributed by atoms with E-state index in [1.807, 2.05) is 19.1 Å². The van der Waals surface area contributed by atoms with Crippen molar-refractivity contribution < 1.29 is 5.11 Å². The topological polar surface area (TPSA) is 58.9 Å². The Morgan fingerprint density at radius 3 is 2.67 bits per heavy atom. The number of aliphatic hydroxyl groups is 1. The van der Waals surface area contributed by atoms with Crippen molar-refractivity contribution in [3.05, 3.63) is 53.9 Å². The molecular weight excluding hydrogens is 190 g/mol. The van der Waals surface area contributed by atoms with Gasteiger partial charge < -0.3 is 5.11 Å². The van der Waals surface area contributed by atoms with Crippen LogP contribution >= 0.6 is 0 Å². The Bertz CT molecular complexity index is 427. The third-order valence-corrected chi connectivity index (χ3v) is 2.13. The molecule has 2 aromatic rings. The molecule has 1 N–H and O–H groups in total. The second kappa shape index (κ2) is 4.14. The molecule has 0 spiro atoms. The molecule has 76 valence electrons. The zero-order chi connectivity index (χ0) is 10.7. The van der Waals surface area contributed by atoms with E-state index in [1.54, 1.807) is 18.5 Å². The Labute approximate surface area is 87.7 Å². The van der Waals surface area contributed by atoms with Crippen LogP contribution in [0.3, 0.4) is 0 Å². The molecule has 0 radical (unpaired) electrons. The molecule has 1 unspecified atom stereocenters. The Balaban J connectivity index is 2.29. The fourth-order valence-electron chi connectivity index (χ4n) is 1.27. The van der Waals surface area contributed by atoms with Crippen molar-refractivity contribution in [2.75, 3.05) is 0 Å². The molecule has 0 aromatic carbocycles. The van der Waals surface area contributed by atoms with E-state index < -0.39 is 6.10 Å². The summed E-state index contributed by atoms with van der Waals surface area (Å²) in [6.07, 6.45) is 3.94. The van der Waals surface area contributed by atoms with Crippen LogP contribution in [0.4, 0.5) is 0 Å². The highest BCUT2D eigenvalue weighted by Gasteiger charge is 2.11. The van der Waals surface area contributed by atoms with Gasteiger partial charge >= 0.3 is 0 Å². The van der Waals surface area contributed by atoms with Gasteiger partial charge in [-0.05, 0) is 19.1 Å². The Morgan fingerprint density at radius 2 is 2.07 bits per heavy atom. The van der Waals surface area contributed by atoms with Crippen LogP contribution in [0.2, 0.25) is 0 Å². The maximum atomic E-state index is 9.95. The maximum absolute atomic E-state index is 9.95. The zero-order valence-electron chi connectivity index (χ0n) is 8.33. The highest BCUT2D eigenvalue weighted by atomic mass is 16.3. The summed E-state index contributed by atoms with van der Waals surface area (Å²) in [7, 11) is 0. The molecule has 0 amide bonds. The van der Waals surface area contributed by atoms with Crippen molar-refractivity contribution in [2.24, 2.45) is 0 Å². The minimum Gasteiger partial charge on any atom is -0.382 e. The van der Waals surface area contributed by atoms with Crippen molar-refractivity contribution in [1.29, 1.82) is 0 Å². The number of hydrogen-bond acceptors (Lipinski definition) is 4. The number of rotatable bonds is 2. The second-order valence-corrected chi connectivity index (χ2v) is 3.27. The monoisotopic (exact) mass is 201 g/mol. The van der Waals surface area contributed by atoms with Gasteiger partial charge in [-0.1, -0.05) is 6.07 Å². The number of aryl methyl sites for hydroxylation is 1. The fraction of sp³-hybridized carbons (Fsp3) is 0.182. The van der Waals surface area contributed by atoms with Gasteiger partial charge in [-0.15, -0.1) is 0 Å². The molecule has 0 aliphatic heterocycles. The molecule has 0 saturated heterocycles. The molecule has 2 aromatic heterocycles. The number of nitrogens with zero attached hydrogens (tertiary/aromatic N) is 3. The number of pyridine rings is 1. The normalized spacial score (nSPS) is 12.4. The first kappa shape index (κ1) is 9.73. The minimum atomic E-state index is -0.735. The molecule has 0 fully saturated rings. The average molecular weight is 201 g/mol. The molecule has 2 heterocycles. The van der Waals surface area contributed by atoms with Crippen molar-refractivity contribution in [3.63, 3.8) is 0 Å². The molecule has 0 saturated carbocycles. The summed E-state index contributed by atoms with van der Waals surface area (Å²) in [5, 5.41) is 9.95. The molecule has 15 heavy (non-hydrogen) atoms. The summed E-state index contributed by atoms with van der Waals surface area (Å²) in [5.74, 6) is 0. The van der Waals surface area contributed by atoms with Gasteiger partial charge in [-0.25, -0.2) is 9.97 Å². The Morgan fingerprint density at radius 1 is 1.20 bits per heavy atom. The summed E-state index contributed by atoms with van der Waals surface area (Å²) in [6, 6.07) is 5.39. The highest BCUT2D eigenvalue weighted by molar-refractivity contribution is 5.23. The first-order valence-electron chi connectivity index (χ1n) is 4.64. The molecule has 4 heteroatoms. The van der Waals surface area contributed by atoms with E-state index in [-0.39, 0.29) is 0 Å². The van der Waals surface area contributed by atoms with Gasteiger partial charge in [0.15, 0.2) is 0 Å². The number of hydrogen-bond donors (Lipinski definition) is 1. The highest BCUT2D eigenvalue weighted by Crippen LogP contribution is 2.18. The molecule has 4 nitrogen and oxygen atoms in total. The van der Waals surface area contributed by atoms with Crippen LogP contribution in [0.15, 0.2) is 36.9 Å². The largest absolute Gasteiger partial charge is 0.382 e. The Kier molecular flexibility index (Phi) is 2.69. The first-order valence-corrected chi connectivity index (χ1v) is 4.64. The second-order valence-electron chi connectivity index (χ2n) is 3.27. The molecule has 1 atom stereocenters. The van der Waals surface area contributed by atoms with Gasteiger partial charge in [0.05, 0.1) is 5.69 Å². The van der Waals surface area contributed by atoms with Crippen LogP contribution in [0, 0.1) is 6.92 Å². The zero-order valence-corrected chi connectivity index (χ0v) is 8.33. The van der Waals surface area contributed by atoms with Crippen LogP contribution in [0.1, 0.15) is 23.1 Å². The van der Waals surface area contributed by atoms with Crippen LogP contribution < -0.4 is 0 Å². The van der Waals surface area contributed by atoms with E-state index >= 15 is 0 Å². The van der Waals surface area contributed by atoms with Crippen molar-refractivity contribution in [1.82, 2.24) is 15.0 Å². The minimum absolute atomic E-state index is 0.579. The van der Waals surface area contributed by atoms with E-state index in [0.717, 1.165) is 11.3 Å². The van der Waals surface area contributed by atoms with Crippen molar-refractivity contribution in [2.45, 2.75) is 13.0 Å². The van der Waals surface area contributed by atoms with Gasteiger partial charge in [0.1, 0.15) is 12.4 Å². The smallest absolute Gasteiger partial charge is 0.123 e. The summed E-state index contributed by atoms with van der Waals surface area (Å²) >= 11 is 0.